The molecule has 7 heteroatoms. The number of benzene rings is 2. The van der Waals surface area contributed by atoms with Crippen LogP contribution in [-0.2, 0) is 19.1 Å². The van der Waals surface area contributed by atoms with Crippen LogP contribution in [-0.4, -0.2) is 11.9 Å². The van der Waals surface area contributed by atoms with Gasteiger partial charge in [-0.05, 0) is 72.4 Å². The largest absolute Gasteiger partial charge is 0.431 e. The molecule has 0 saturated heterocycles. The summed E-state index contributed by atoms with van der Waals surface area (Å²) in [5.41, 5.74) is 3.04. The number of carbonyl (C=O) groups excluding carboxylic acids is 2. The van der Waals surface area contributed by atoms with E-state index in [1.807, 2.05) is 0 Å². The van der Waals surface area contributed by atoms with Crippen molar-refractivity contribution < 1.29 is 27.8 Å². The summed E-state index contributed by atoms with van der Waals surface area (Å²) in [6, 6.07) is 14.7. The van der Waals surface area contributed by atoms with Gasteiger partial charge in [0, 0.05) is 25.3 Å². The van der Waals surface area contributed by atoms with Gasteiger partial charge in [0.2, 0.25) is 0 Å². The van der Waals surface area contributed by atoms with E-state index in [0.717, 1.165) is 44.1 Å². The van der Waals surface area contributed by atoms with Gasteiger partial charge < -0.3 is 9.47 Å². The number of ether oxygens (including phenoxy) is 2. The van der Waals surface area contributed by atoms with E-state index in [1.165, 1.54) is 30.3 Å². The van der Waals surface area contributed by atoms with Crippen molar-refractivity contribution >= 4 is 23.1 Å². The SMILES string of the molecule is C=C(/C=C\C(=C)c1ccc(C#N)cc1)OC(=O)CCCCCCCCCC(=O)O/C(=C/C(F)=C(\C)c1ccc(F)cc1)CC. The molecule has 0 unspecified atom stereocenters. The van der Waals surface area contributed by atoms with Crippen molar-refractivity contribution in [1.29, 1.82) is 5.26 Å². The van der Waals surface area contributed by atoms with E-state index in [2.05, 4.69) is 19.2 Å². The number of hydrogen-bond acceptors (Lipinski definition) is 5. The lowest BCUT2D eigenvalue weighted by atomic mass is 10.1. The molecule has 0 heterocycles. The van der Waals surface area contributed by atoms with Crippen LogP contribution in [0.3, 0.4) is 0 Å². The van der Waals surface area contributed by atoms with Crippen molar-refractivity contribution in [2.45, 2.75) is 78.1 Å². The quantitative estimate of drug-likeness (QED) is 0.0735. The average Bonchev–Trinajstić information content (AvgIpc) is 3.02. The lowest BCUT2D eigenvalue weighted by molar-refractivity contribution is -0.140. The van der Waals surface area contributed by atoms with Crippen LogP contribution in [0.15, 0.2) is 97.3 Å². The van der Waals surface area contributed by atoms with Crippen molar-refractivity contribution in [3.05, 3.63) is 120 Å². The first-order valence-corrected chi connectivity index (χ1v) is 14.9. The zero-order valence-electron chi connectivity index (χ0n) is 25.7. The first-order chi connectivity index (χ1) is 21.1. The molecule has 0 amide bonds. The van der Waals surface area contributed by atoms with Gasteiger partial charge in [0.25, 0.3) is 0 Å². The highest BCUT2D eigenvalue weighted by Gasteiger charge is 2.10. The fourth-order valence-corrected chi connectivity index (χ4v) is 4.19. The lowest BCUT2D eigenvalue weighted by Crippen LogP contribution is -2.04. The van der Waals surface area contributed by atoms with Crippen LogP contribution in [0.25, 0.3) is 11.1 Å². The summed E-state index contributed by atoms with van der Waals surface area (Å²) in [4.78, 5) is 24.3. The minimum absolute atomic E-state index is 0.242. The number of rotatable bonds is 18. The Labute approximate surface area is 259 Å². The second kappa shape index (κ2) is 19.6. The molecule has 2 aromatic carbocycles. The molecule has 0 aliphatic rings. The maximum Gasteiger partial charge on any atom is 0.311 e. The molecular weight excluding hydrogens is 560 g/mol. The molecule has 0 spiro atoms. The average molecular weight is 602 g/mol. The Morgan fingerprint density at radius 2 is 1.34 bits per heavy atom. The van der Waals surface area contributed by atoms with Gasteiger partial charge in [0.05, 0.1) is 11.6 Å². The third-order valence-electron chi connectivity index (χ3n) is 6.88. The predicted molar refractivity (Wildman–Crippen MR) is 171 cm³/mol. The highest BCUT2D eigenvalue weighted by Crippen LogP contribution is 2.23. The Balaban J connectivity index is 1.56. The topological polar surface area (TPSA) is 76.4 Å². The summed E-state index contributed by atoms with van der Waals surface area (Å²) in [6.07, 6.45) is 11.6. The summed E-state index contributed by atoms with van der Waals surface area (Å²) in [5.74, 6) is -1.15. The van der Waals surface area contributed by atoms with E-state index in [9.17, 15) is 18.4 Å². The molecule has 0 saturated carbocycles. The fourth-order valence-electron chi connectivity index (χ4n) is 4.19. The minimum Gasteiger partial charge on any atom is -0.431 e. The van der Waals surface area contributed by atoms with Crippen LogP contribution < -0.4 is 0 Å². The van der Waals surface area contributed by atoms with Crippen LogP contribution in [0.5, 0.6) is 0 Å². The van der Waals surface area contributed by atoms with E-state index in [4.69, 9.17) is 14.7 Å². The van der Waals surface area contributed by atoms with E-state index < -0.39 is 11.6 Å². The molecular formula is C37H41F2NO4. The number of hydrogen-bond donors (Lipinski definition) is 0. The summed E-state index contributed by atoms with van der Waals surface area (Å²) < 4.78 is 38.4. The molecule has 0 aromatic heterocycles. The maximum absolute atomic E-state index is 14.7. The Bertz CT molecular complexity index is 1410. The zero-order chi connectivity index (χ0) is 32.3. The summed E-state index contributed by atoms with van der Waals surface area (Å²) in [7, 11) is 0. The normalized spacial score (nSPS) is 11.9. The van der Waals surface area contributed by atoms with Crippen molar-refractivity contribution in [3.8, 4) is 6.07 Å². The number of nitrogens with zero attached hydrogens (tertiary/aromatic N) is 1. The summed E-state index contributed by atoms with van der Waals surface area (Å²) >= 11 is 0. The van der Waals surface area contributed by atoms with E-state index >= 15 is 0 Å². The molecule has 0 fully saturated rings. The van der Waals surface area contributed by atoms with Gasteiger partial charge in [-0.15, -0.1) is 0 Å². The van der Waals surface area contributed by atoms with Crippen LogP contribution in [0.2, 0.25) is 0 Å². The van der Waals surface area contributed by atoms with Crippen molar-refractivity contribution in [2.75, 3.05) is 0 Å². The molecule has 2 aromatic rings. The fraction of sp³-hybridized carbons (Fsp3) is 0.324. The molecule has 0 aliphatic carbocycles. The third kappa shape index (κ3) is 13.6. The lowest BCUT2D eigenvalue weighted by Gasteiger charge is -2.08. The first kappa shape index (κ1) is 35.6. The van der Waals surface area contributed by atoms with E-state index in [-0.39, 0.29) is 29.9 Å². The van der Waals surface area contributed by atoms with Gasteiger partial charge in [-0.2, -0.15) is 5.26 Å². The van der Waals surface area contributed by atoms with Crippen molar-refractivity contribution in [1.82, 2.24) is 0 Å². The molecule has 2 rings (SSSR count). The highest BCUT2D eigenvalue weighted by molar-refractivity contribution is 5.74. The monoisotopic (exact) mass is 601 g/mol. The Kier molecular flexibility index (Phi) is 15.9. The molecule has 0 radical (unpaired) electrons. The Hall–Kier alpha value is -4.57. The first-order valence-electron chi connectivity index (χ1n) is 14.9. The number of esters is 2. The molecule has 0 bridgehead atoms. The number of unbranched alkanes of at least 4 members (excludes halogenated alkanes) is 6. The Morgan fingerprint density at radius 1 is 0.818 bits per heavy atom. The number of nitriles is 1. The van der Waals surface area contributed by atoms with Crippen LogP contribution in [0, 0.1) is 17.1 Å². The Morgan fingerprint density at radius 3 is 1.89 bits per heavy atom. The number of halogens is 2. The predicted octanol–water partition coefficient (Wildman–Crippen LogP) is 10.1. The van der Waals surface area contributed by atoms with Gasteiger partial charge in [0.1, 0.15) is 23.2 Å². The van der Waals surface area contributed by atoms with Crippen molar-refractivity contribution in [3.63, 3.8) is 0 Å². The molecule has 5 nitrogen and oxygen atoms in total. The minimum atomic E-state index is -0.529. The van der Waals surface area contributed by atoms with E-state index in [0.29, 0.717) is 41.5 Å². The van der Waals surface area contributed by atoms with Gasteiger partial charge >= 0.3 is 11.9 Å². The molecule has 0 atom stereocenters. The van der Waals surface area contributed by atoms with Gasteiger partial charge in [0.15, 0.2) is 0 Å². The van der Waals surface area contributed by atoms with E-state index in [1.54, 1.807) is 50.3 Å². The molecule has 0 aliphatic heterocycles. The highest BCUT2D eigenvalue weighted by atomic mass is 19.1. The smallest absolute Gasteiger partial charge is 0.311 e. The van der Waals surface area contributed by atoms with Gasteiger partial charge in [-0.3, -0.25) is 9.59 Å². The second-order valence-electron chi connectivity index (χ2n) is 10.4. The van der Waals surface area contributed by atoms with Crippen LogP contribution in [0.1, 0.15) is 94.7 Å². The number of carbonyl (C=O) groups is 2. The van der Waals surface area contributed by atoms with Gasteiger partial charge in [-0.25, -0.2) is 8.78 Å². The number of allylic oxidation sites excluding steroid dienone is 7. The molecule has 0 N–H and O–H groups in total. The molecule has 232 valence electrons. The van der Waals surface area contributed by atoms with Crippen molar-refractivity contribution in [2.24, 2.45) is 0 Å². The third-order valence-corrected chi connectivity index (χ3v) is 6.88. The van der Waals surface area contributed by atoms with Crippen LogP contribution in [0.4, 0.5) is 8.78 Å². The van der Waals surface area contributed by atoms with Crippen LogP contribution >= 0.6 is 0 Å². The van der Waals surface area contributed by atoms with Gasteiger partial charge in [-0.1, -0.05) is 82.5 Å². The standard InChI is InChI=1S/C37H41F2NO4/c1-5-34(25-35(39)29(4)32-21-23-33(38)24-22-32)44-37(42)14-12-10-8-6-7-9-11-13-36(41)43-28(3)16-15-27(2)31-19-17-30(26-40)18-20-31/h15-25H,2-3,5-14H2,1,4H3/b16-15-,34-25+,35-29-. The maximum atomic E-state index is 14.7. The summed E-state index contributed by atoms with van der Waals surface area (Å²) in [6.45, 7) is 11.1. The zero-order valence-corrected chi connectivity index (χ0v) is 25.7. The summed E-state index contributed by atoms with van der Waals surface area (Å²) in [5, 5.41) is 8.89. The second-order valence-corrected chi connectivity index (χ2v) is 10.4. The molecule has 44 heavy (non-hydrogen) atoms.